The molecule has 0 bridgehead atoms. The summed E-state index contributed by atoms with van der Waals surface area (Å²) in [7, 11) is 0. The molecule has 0 saturated carbocycles. The number of aromatic nitrogens is 1. The number of hydrogen-bond acceptors (Lipinski definition) is 2. The molecule has 1 aromatic carbocycles. The normalized spacial score (nSPS) is 12.0. The smallest absolute Gasteiger partial charge is 0.254 e. The van der Waals surface area contributed by atoms with Gasteiger partial charge >= 0.3 is 0 Å². The Labute approximate surface area is 135 Å². The van der Waals surface area contributed by atoms with Gasteiger partial charge in [-0.2, -0.15) is 0 Å². The standard InChI is InChI=1S/C14H11BrCl2N2O/c1-8(10-5-4-9(16)7-12(10)17)19-14(20)11-3-2-6-18-13(11)15/h2-8H,1H3,(H,19,20). The van der Waals surface area contributed by atoms with E-state index in [1.165, 1.54) is 0 Å². The number of hydrogen-bond donors (Lipinski definition) is 1. The molecule has 0 aliphatic carbocycles. The predicted molar refractivity (Wildman–Crippen MR) is 84.3 cm³/mol. The summed E-state index contributed by atoms with van der Waals surface area (Å²) in [5, 5.41) is 3.96. The van der Waals surface area contributed by atoms with Crippen molar-refractivity contribution in [3.63, 3.8) is 0 Å². The third-order valence-electron chi connectivity index (χ3n) is 2.78. The molecule has 0 spiro atoms. The molecule has 6 heteroatoms. The average molecular weight is 374 g/mol. The summed E-state index contributed by atoms with van der Waals surface area (Å²) < 4.78 is 0.506. The SMILES string of the molecule is CC(NC(=O)c1cccnc1Br)c1ccc(Cl)cc1Cl. The van der Waals surface area contributed by atoms with Gasteiger partial charge in [-0.3, -0.25) is 4.79 Å². The van der Waals surface area contributed by atoms with Gasteiger partial charge in [-0.25, -0.2) is 4.98 Å². The maximum atomic E-state index is 12.2. The Bertz CT molecular complexity index is 649. The minimum Gasteiger partial charge on any atom is -0.345 e. The maximum Gasteiger partial charge on any atom is 0.254 e. The Hall–Kier alpha value is -1.10. The first-order valence-electron chi connectivity index (χ1n) is 5.85. The van der Waals surface area contributed by atoms with Gasteiger partial charge in [0.2, 0.25) is 0 Å². The predicted octanol–water partition coefficient (Wildman–Crippen LogP) is 4.64. The highest BCUT2D eigenvalue weighted by molar-refractivity contribution is 9.10. The quantitative estimate of drug-likeness (QED) is 0.796. The van der Waals surface area contributed by atoms with Crippen molar-refractivity contribution in [3.8, 4) is 0 Å². The van der Waals surface area contributed by atoms with E-state index in [0.29, 0.717) is 20.2 Å². The minimum absolute atomic E-state index is 0.219. The number of nitrogens with zero attached hydrogens (tertiary/aromatic N) is 1. The van der Waals surface area contributed by atoms with Crippen LogP contribution in [0.5, 0.6) is 0 Å². The van der Waals surface area contributed by atoms with Gasteiger partial charge in [-0.05, 0) is 52.7 Å². The zero-order valence-electron chi connectivity index (χ0n) is 10.5. The number of pyridine rings is 1. The topological polar surface area (TPSA) is 42.0 Å². The zero-order chi connectivity index (χ0) is 14.7. The molecule has 1 aromatic heterocycles. The third kappa shape index (κ3) is 3.51. The molecular weight excluding hydrogens is 363 g/mol. The van der Waals surface area contributed by atoms with E-state index in [-0.39, 0.29) is 11.9 Å². The molecule has 0 aliphatic heterocycles. The number of nitrogens with one attached hydrogen (secondary N) is 1. The van der Waals surface area contributed by atoms with E-state index in [9.17, 15) is 4.79 Å². The Morgan fingerprint density at radius 2 is 2.10 bits per heavy atom. The number of carbonyl (C=O) groups is 1. The summed E-state index contributed by atoms with van der Waals surface area (Å²) in [6.07, 6.45) is 1.61. The molecule has 0 fully saturated rings. The van der Waals surface area contributed by atoms with Crippen LogP contribution >= 0.6 is 39.1 Å². The van der Waals surface area contributed by atoms with Crippen LogP contribution in [0.1, 0.15) is 28.9 Å². The molecule has 0 radical (unpaired) electrons. The van der Waals surface area contributed by atoms with Crippen molar-refractivity contribution >= 4 is 45.0 Å². The van der Waals surface area contributed by atoms with Gasteiger partial charge in [0, 0.05) is 16.2 Å². The molecule has 20 heavy (non-hydrogen) atoms. The first-order chi connectivity index (χ1) is 9.49. The van der Waals surface area contributed by atoms with Crippen LogP contribution in [0.4, 0.5) is 0 Å². The second-order valence-corrected chi connectivity index (χ2v) is 5.80. The minimum atomic E-state index is -0.237. The van der Waals surface area contributed by atoms with Crippen molar-refractivity contribution < 1.29 is 4.79 Å². The van der Waals surface area contributed by atoms with E-state index in [1.54, 1.807) is 36.5 Å². The van der Waals surface area contributed by atoms with Crippen LogP contribution in [-0.4, -0.2) is 10.9 Å². The molecule has 0 aliphatic rings. The second-order valence-electron chi connectivity index (χ2n) is 4.20. The fourth-order valence-electron chi connectivity index (χ4n) is 1.76. The van der Waals surface area contributed by atoms with E-state index in [1.807, 2.05) is 6.92 Å². The van der Waals surface area contributed by atoms with E-state index < -0.39 is 0 Å². The van der Waals surface area contributed by atoms with Crippen molar-refractivity contribution in [1.82, 2.24) is 10.3 Å². The van der Waals surface area contributed by atoms with Crippen LogP contribution < -0.4 is 5.32 Å². The molecule has 1 atom stereocenters. The Balaban J connectivity index is 2.17. The van der Waals surface area contributed by atoms with Gasteiger partial charge in [0.1, 0.15) is 4.60 Å². The Morgan fingerprint density at radius 3 is 2.75 bits per heavy atom. The molecule has 1 amide bonds. The lowest BCUT2D eigenvalue weighted by atomic mass is 10.1. The van der Waals surface area contributed by atoms with Gasteiger partial charge in [-0.15, -0.1) is 0 Å². The lowest BCUT2D eigenvalue weighted by Crippen LogP contribution is -2.27. The van der Waals surface area contributed by atoms with Crippen molar-refractivity contribution in [3.05, 3.63) is 62.3 Å². The molecule has 104 valence electrons. The summed E-state index contributed by atoms with van der Waals surface area (Å²) >= 11 is 15.2. The first kappa shape index (κ1) is 15.3. The molecule has 3 nitrogen and oxygen atoms in total. The number of amides is 1. The highest BCUT2D eigenvalue weighted by atomic mass is 79.9. The van der Waals surface area contributed by atoms with Crippen LogP contribution in [-0.2, 0) is 0 Å². The van der Waals surface area contributed by atoms with Gasteiger partial charge in [-0.1, -0.05) is 29.3 Å². The maximum absolute atomic E-state index is 12.2. The van der Waals surface area contributed by atoms with Gasteiger partial charge in [0.15, 0.2) is 0 Å². The van der Waals surface area contributed by atoms with E-state index in [2.05, 4.69) is 26.2 Å². The monoisotopic (exact) mass is 372 g/mol. The molecule has 1 N–H and O–H groups in total. The molecule has 1 heterocycles. The lowest BCUT2D eigenvalue weighted by Gasteiger charge is -2.16. The molecule has 2 aromatic rings. The summed E-state index contributed by atoms with van der Waals surface area (Å²) in [5.74, 6) is -0.219. The first-order valence-corrected chi connectivity index (χ1v) is 7.40. The highest BCUT2D eigenvalue weighted by Gasteiger charge is 2.16. The molecule has 1 unspecified atom stereocenters. The highest BCUT2D eigenvalue weighted by Crippen LogP contribution is 2.26. The van der Waals surface area contributed by atoms with Gasteiger partial charge in [0.05, 0.1) is 11.6 Å². The van der Waals surface area contributed by atoms with Crippen LogP contribution in [0.15, 0.2) is 41.1 Å². The fraction of sp³-hybridized carbons (Fsp3) is 0.143. The number of carbonyl (C=O) groups excluding carboxylic acids is 1. The van der Waals surface area contributed by atoms with Crippen molar-refractivity contribution in [2.24, 2.45) is 0 Å². The zero-order valence-corrected chi connectivity index (χ0v) is 13.6. The lowest BCUT2D eigenvalue weighted by molar-refractivity contribution is 0.0938. The summed E-state index contributed by atoms with van der Waals surface area (Å²) in [6.45, 7) is 1.86. The molecule has 2 rings (SSSR count). The van der Waals surface area contributed by atoms with Gasteiger partial charge < -0.3 is 5.32 Å². The van der Waals surface area contributed by atoms with Crippen LogP contribution in [0.3, 0.4) is 0 Å². The van der Waals surface area contributed by atoms with Crippen LogP contribution in [0.2, 0.25) is 10.0 Å². The third-order valence-corrected chi connectivity index (χ3v) is 3.97. The van der Waals surface area contributed by atoms with Crippen LogP contribution in [0, 0.1) is 0 Å². The summed E-state index contributed by atoms with van der Waals surface area (Å²) in [6, 6.07) is 8.36. The Morgan fingerprint density at radius 1 is 1.35 bits per heavy atom. The average Bonchev–Trinajstić information content (AvgIpc) is 2.38. The number of rotatable bonds is 3. The second kappa shape index (κ2) is 6.57. The molecule has 0 saturated heterocycles. The number of halogens is 3. The van der Waals surface area contributed by atoms with E-state index >= 15 is 0 Å². The number of benzene rings is 1. The van der Waals surface area contributed by atoms with Gasteiger partial charge in [0.25, 0.3) is 5.91 Å². The Kier molecular flexibility index (Phi) is 5.02. The largest absolute Gasteiger partial charge is 0.345 e. The summed E-state index contributed by atoms with van der Waals surface area (Å²) in [5.41, 5.74) is 1.29. The van der Waals surface area contributed by atoms with E-state index in [4.69, 9.17) is 23.2 Å². The van der Waals surface area contributed by atoms with Crippen molar-refractivity contribution in [2.75, 3.05) is 0 Å². The van der Waals surface area contributed by atoms with Crippen molar-refractivity contribution in [2.45, 2.75) is 13.0 Å². The molecular formula is C14H11BrCl2N2O. The fourth-order valence-corrected chi connectivity index (χ4v) is 2.76. The summed E-state index contributed by atoms with van der Waals surface area (Å²) in [4.78, 5) is 16.2. The van der Waals surface area contributed by atoms with E-state index in [0.717, 1.165) is 5.56 Å². The van der Waals surface area contributed by atoms with Crippen LogP contribution in [0.25, 0.3) is 0 Å². The van der Waals surface area contributed by atoms with Crippen molar-refractivity contribution in [1.29, 1.82) is 0 Å².